The Morgan fingerprint density at radius 2 is 2.07 bits per heavy atom. The minimum absolute atomic E-state index is 0.0915. The Kier molecular flexibility index (Phi) is 5.16. The highest BCUT2D eigenvalue weighted by molar-refractivity contribution is 5.97. The molecule has 1 aliphatic heterocycles. The number of aliphatic hydroxyl groups excluding tert-OH is 1. The lowest BCUT2D eigenvalue weighted by Crippen LogP contribution is -2.58. The van der Waals surface area contributed by atoms with E-state index in [1.165, 1.54) is 0 Å². The van der Waals surface area contributed by atoms with E-state index in [1.807, 2.05) is 36.7 Å². The summed E-state index contributed by atoms with van der Waals surface area (Å²) in [5, 5.41) is 13.9. The Balaban J connectivity index is 1.46. The summed E-state index contributed by atoms with van der Waals surface area (Å²) < 4.78 is 7.43. The highest BCUT2D eigenvalue weighted by atomic mass is 16.5. The van der Waals surface area contributed by atoms with Gasteiger partial charge in [-0.3, -0.25) is 9.69 Å². The molecule has 0 bridgehead atoms. The standard InChI is InChI=1S/C20H28N4O3/c1-13-21-16-12-14(6-7-17(16)23(13)2)20(26)22-15-4-3-5-18(19(15)25)24-8-10-27-11-9-24/h6-7,12,15,18-19,25H,3-5,8-11H2,1-2H3,(H,22,26)/t15-,18-,19-/m1/s1. The summed E-state index contributed by atoms with van der Waals surface area (Å²) in [7, 11) is 1.97. The summed E-state index contributed by atoms with van der Waals surface area (Å²) in [6.45, 7) is 5.06. The number of amides is 1. The van der Waals surface area contributed by atoms with Crippen LogP contribution in [0.4, 0.5) is 0 Å². The molecule has 1 saturated carbocycles. The number of morpholine rings is 1. The van der Waals surface area contributed by atoms with Crippen molar-refractivity contribution >= 4 is 16.9 Å². The lowest BCUT2D eigenvalue weighted by Gasteiger charge is -2.43. The van der Waals surface area contributed by atoms with Crippen molar-refractivity contribution in [3.63, 3.8) is 0 Å². The fourth-order valence-corrected chi connectivity index (χ4v) is 4.34. The van der Waals surface area contributed by atoms with Gasteiger partial charge in [0.2, 0.25) is 0 Å². The highest BCUT2D eigenvalue weighted by Crippen LogP contribution is 2.25. The number of fused-ring (bicyclic) bond motifs is 1. The van der Waals surface area contributed by atoms with Crippen LogP contribution in [-0.4, -0.2) is 70.0 Å². The second-order valence-corrected chi connectivity index (χ2v) is 7.64. The molecule has 1 aromatic heterocycles. The number of nitrogens with zero attached hydrogens (tertiary/aromatic N) is 3. The Hall–Kier alpha value is -1.96. The molecule has 2 fully saturated rings. The van der Waals surface area contributed by atoms with Gasteiger partial charge in [0, 0.05) is 31.7 Å². The predicted molar refractivity (Wildman–Crippen MR) is 103 cm³/mol. The molecule has 1 amide bonds. The van der Waals surface area contributed by atoms with Crippen molar-refractivity contribution < 1.29 is 14.6 Å². The maximum absolute atomic E-state index is 12.8. The first-order valence-corrected chi connectivity index (χ1v) is 9.78. The topological polar surface area (TPSA) is 79.6 Å². The fraction of sp³-hybridized carbons (Fsp3) is 0.600. The van der Waals surface area contributed by atoms with E-state index < -0.39 is 6.10 Å². The number of benzene rings is 1. The van der Waals surface area contributed by atoms with Gasteiger partial charge in [0.25, 0.3) is 5.91 Å². The average molecular weight is 372 g/mol. The van der Waals surface area contributed by atoms with E-state index in [2.05, 4.69) is 15.2 Å². The van der Waals surface area contributed by atoms with Gasteiger partial charge in [-0.1, -0.05) is 0 Å². The third-order valence-corrected chi connectivity index (χ3v) is 6.02. The minimum atomic E-state index is -0.554. The summed E-state index contributed by atoms with van der Waals surface area (Å²) in [5.74, 6) is 0.769. The molecule has 0 unspecified atom stereocenters. The first-order chi connectivity index (χ1) is 13.0. The maximum Gasteiger partial charge on any atom is 0.251 e. The number of aryl methyl sites for hydroxylation is 2. The molecule has 2 aliphatic rings. The largest absolute Gasteiger partial charge is 0.389 e. The molecule has 4 rings (SSSR count). The van der Waals surface area contributed by atoms with Crippen LogP contribution < -0.4 is 5.32 Å². The molecule has 146 valence electrons. The lowest BCUT2D eigenvalue weighted by atomic mass is 9.86. The third-order valence-electron chi connectivity index (χ3n) is 6.02. The molecule has 2 N–H and O–H groups in total. The zero-order valence-electron chi connectivity index (χ0n) is 16.0. The second kappa shape index (κ2) is 7.58. The number of ether oxygens (including phenoxy) is 1. The van der Waals surface area contributed by atoms with Crippen LogP contribution in [0.15, 0.2) is 18.2 Å². The smallest absolute Gasteiger partial charge is 0.251 e. The summed E-state index contributed by atoms with van der Waals surface area (Å²) in [5.41, 5.74) is 2.41. The van der Waals surface area contributed by atoms with Crippen molar-refractivity contribution in [1.82, 2.24) is 19.8 Å². The first-order valence-electron chi connectivity index (χ1n) is 9.78. The van der Waals surface area contributed by atoms with Gasteiger partial charge in [-0.2, -0.15) is 0 Å². The van der Waals surface area contributed by atoms with Gasteiger partial charge in [0.15, 0.2) is 0 Å². The molecule has 3 atom stereocenters. The molecule has 1 aliphatic carbocycles. The number of hydrogen-bond donors (Lipinski definition) is 2. The number of nitrogens with one attached hydrogen (secondary N) is 1. The zero-order chi connectivity index (χ0) is 19.0. The molecule has 7 nitrogen and oxygen atoms in total. The highest BCUT2D eigenvalue weighted by Gasteiger charge is 2.36. The maximum atomic E-state index is 12.8. The van der Waals surface area contributed by atoms with Gasteiger partial charge in [-0.05, 0) is 44.4 Å². The number of aromatic nitrogens is 2. The summed E-state index contributed by atoms with van der Waals surface area (Å²) in [4.78, 5) is 19.6. The van der Waals surface area contributed by atoms with E-state index in [4.69, 9.17) is 4.74 Å². The molecule has 1 aromatic carbocycles. The van der Waals surface area contributed by atoms with Crippen LogP contribution in [-0.2, 0) is 11.8 Å². The van der Waals surface area contributed by atoms with Crippen molar-refractivity contribution in [3.8, 4) is 0 Å². The molecule has 0 spiro atoms. The van der Waals surface area contributed by atoms with Gasteiger partial charge in [0.05, 0.1) is 36.4 Å². The SMILES string of the molecule is Cc1nc2cc(C(=O)N[C@@H]3CCC[C@@H](N4CCOCC4)[C@@H]3O)ccc2n1C. The normalized spacial score (nSPS) is 27.0. The number of rotatable bonds is 3. The molecule has 1 saturated heterocycles. The van der Waals surface area contributed by atoms with Crippen molar-refractivity contribution in [2.75, 3.05) is 26.3 Å². The number of carbonyl (C=O) groups is 1. The lowest BCUT2D eigenvalue weighted by molar-refractivity contribution is -0.0459. The zero-order valence-corrected chi connectivity index (χ0v) is 16.0. The van der Waals surface area contributed by atoms with Crippen LogP contribution in [0.2, 0.25) is 0 Å². The average Bonchev–Trinajstić information content (AvgIpc) is 2.97. The molecular formula is C20H28N4O3. The minimum Gasteiger partial charge on any atom is -0.389 e. The number of imidazole rings is 1. The summed E-state index contributed by atoms with van der Waals surface area (Å²) in [6.07, 6.45) is 2.22. The Bertz CT molecular complexity index is 828. The van der Waals surface area contributed by atoms with Crippen LogP contribution in [0.3, 0.4) is 0 Å². The second-order valence-electron chi connectivity index (χ2n) is 7.64. The Morgan fingerprint density at radius 1 is 1.30 bits per heavy atom. The number of aliphatic hydroxyl groups is 1. The van der Waals surface area contributed by atoms with Crippen molar-refractivity contribution in [1.29, 1.82) is 0 Å². The summed E-state index contributed by atoms with van der Waals surface area (Å²) in [6, 6.07) is 5.45. The molecule has 2 aromatic rings. The molecule has 2 heterocycles. The fourth-order valence-electron chi connectivity index (χ4n) is 4.34. The van der Waals surface area contributed by atoms with Crippen LogP contribution in [0.1, 0.15) is 35.4 Å². The number of carbonyl (C=O) groups excluding carboxylic acids is 1. The predicted octanol–water partition coefficient (Wildman–Crippen LogP) is 1.23. The van der Waals surface area contributed by atoms with E-state index in [-0.39, 0.29) is 18.0 Å². The number of hydrogen-bond acceptors (Lipinski definition) is 5. The van der Waals surface area contributed by atoms with Crippen LogP contribution in [0.25, 0.3) is 11.0 Å². The van der Waals surface area contributed by atoms with Crippen LogP contribution in [0, 0.1) is 6.92 Å². The van der Waals surface area contributed by atoms with E-state index in [1.54, 1.807) is 0 Å². The van der Waals surface area contributed by atoms with Crippen LogP contribution >= 0.6 is 0 Å². The van der Waals surface area contributed by atoms with Gasteiger partial charge in [-0.25, -0.2) is 4.98 Å². The van der Waals surface area contributed by atoms with E-state index in [0.29, 0.717) is 18.8 Å². The van der Waals surface area contributed by atoms with Gasteiger partial charge in [-0.15, -0.1) is 0 Å². The van der Waals surface area contributed by atoms with Gasteiger partial charge < -0.3 is 19.7 Å². The van der Waals surface area contributed by atoms with Crippen molar-refractivity contribution in [2.45, 2.75) is 44.4 Å². The molecule has 0 radical (unpaired) electrons. The van der Waals surface area contributed by atoms with Gasteiger partial charge in [0.1, 0.15) is 5.82 Å². The molecule has 7 heteroatoms. The monoisotopic (exact) mass is 372 g/mol. The van der Waals surface area contributed by atoms with Crippen molar-refractivity contribution in [3.05, 3.63) is 29.6 Å². The molecule has 27 heavy (non-hydrogen) atoms. The third kappa shape index (κ3) is 3.59. The van der Waals surface area contributed by atoms with Gasteiger partial charge >= 0.3 is 0 Å². The Labute approximate surface area is 159 Å². The summed E-state index contributed by atoms with van der Waals surface area (Å²) >= 11 is 0. The van der Waals surface area contributed by atoms with E-state index in [0.717, 1.165) is 49.2 Å². The van der Waals surface area contributed by atoms with Crippen LogP contribution in [0.5, 0.6) is 0 Å². The Morgan fingerprint density at radius 3 is 2.85 bits per heavy atom. The van der Waals surface area contributed by atoms with E-state index >= 15 is 0 Å². The quantitative estimate of drug-likeness (QED) is 0.847. The van der Waals surface area contributed by atoms with E-state index in [9.17, 15) is 9.90 Å². The molecular weight excluding hydrogens is 344 g/mol. The first kappa shape index (κ1) is 18.4. The van der Waals surface area contributed by atoms with Crippen molar-refractivity contribution in [2.24, 2.45) is 7.05 Å².